The number of amides is 1. The number of rotatable bonds is 3. The van der Waals surface area contributed by atoms with Gasteiger partial charge in [-0.25, -0.2) is 4.39 Å². The van der Waals surface area contributed by atoms with Crippen molar-refractivity contribution >= 4 is 5.91 Å². The van der Waals surface area contributed by atoms with Crippen LogP contribution in [0.5, 0.6) is 0 Å². The standard InChI is InChI=1S/C13H17FN2O/c1-12(2,15)11(17)16-13(7-8-13)9-5-3-4-6-10(9)14/h3-6H,7-8,15H2,1-2H3,(H,16,17). The van der Waals surface area contributed by atoms with E-state index < -0.39 is 11.1 Å². The van der Waals surface area contributed by atoms with E-state index in [1.807, 2.05) is 0 Å². The van der Waals surface area contributed by atoms with Gasteiger partial charge in [-0.15, -0.1) is 0 Å². The van der Waals surface area contributed by atoms with E-state index in [0.29, 0.717) is 5.56 Å². The Labute approximate surface area is 100 Å². The van der Waals surface area contributed by atoms with Gasteiger partial charge in [0.05, 0.1) is 11.1 Å². The Balaban J connectivity index is 2.22. The Morgan fingerprint density at radius 3 is 2.47 bits per heavy atom. The van der Waals surface area contributed by atoms with Gasteiger partial charge in [0, 0.05) is 5.56 Å². The van der Waals surface area contributed by atoms with Crippen molar-refractivity contribution in [3.05, 3.63) is 35.6 Å². The number of carbonyl (C=O) groups excluding carboxylic acids is 1. The summed E-state index contributed by atoms with van der Waals surface area (Å²) in [5, 5.41) is 2.86. The molecule has 92 valence electrons. The molecule has 17 heavy (non-hydrogen) atoms. The molecular weight excluding hydrogens is 219 g/mol. The van der Waals surface area contributed by atoms with Crippen LogP contribution in [0.2, 0.25) is 0 Å². The van der Waals surface area contributed by atoms with Gasteiger partial charge in [0.1, 0.15) is 5.82 Å². The summed E-state index contributed by atoms with van der Waals surface area (Å²) in [7, 11) is 0. The maximum Gasteiger partial charge on any atom is 0.240 e. The number of halogens is 1. The van der Waals surface area contributed by atoms with Gasteiger partial charge in [-0.3, -0.25) is 4.79 Å². The third-order valence-corrected chi connectivity index (χ3v) is 3.08. The minimum atomic E-state index is -0.944. The van der Waals surface area contributed by atoms with Crippen molar-refractivity contribution < 1.29 is 9.18 Å². The highest BCUT2D eigenvalue weighted by atomic mass is 19.1. The predicted octanol–water partition coefficient (Wildman–Crippen LogP) is 1.67. The van der Waals surface area contributed by atoms with Gasteiger partial charge in [0.15, 0.2) is 0 Å². The maximum absolute atomic E-state index is 13.7. The number of hydrogen-bond acceptors (Lipinski definition) is 2. The van der Waals surface area contributed by atoms with Crippen LogP contribution in [-0.2, 0) is 10.3 Å². The van der Waals surface area contributed by atoms with Crippen LogP contribution in [-0.4, -0.2) is 11.4 Å². The topological polar surface area (TPSA) is 55.1 Å². The largest absolute Gasteiger partial charge is 0.345 e. The van der Waals surface area contributed by atoms with Crippen LogP contribution in [0.15, 0.2) is 24.3 Å². The fourth-order valence-electron chi connectivity index (χ4n) is 1.81. The Hall–Kier alpha value is -1.42. The molecule has 0 heterocycles. The molecule has 0 bridgehead atoms. The molecule has 1 aliphatic rings. The third-order valence-electron chi connectivity index (χ3n) is 3.08. The fraction of sp³-hybridized carbons (Fsp3) is 0.462. The lowest BCUT2D eigenvalue weighted by Crippen LogP contribution is -2.52. The molecule has 1 aliphatic carbocycles. The number of nitrogens with two attached hydrogens (primary N) is 1. The quantitative estimate of drug-likeness (QED) is 0.838. The zero-order chi connectivity index (χ0) is 12.7. The number of carbonyl (C=O) groups is 1. The van der Waals surface area contributed by atoms with Crippen LogP contribution >= 0.6 is 0 Å². The third kappa shape index (κ3) is 2.31. The Morgan fingerprint density at radius 2 is 2.00 bits per heavy atom. The van der Waals surface area contributed by atoms with Gasteiger partial charge in [-0.1, -0.05) is 18.2 Å². The predicted molar refractivity (Wildman–Crippen MR) is 63.7 cm³/mol. The molecular formula is C13H17FN2O. The summed E-state index contributed by atoms with van der Waals surface area (Å²) in [6, 6.07) is 6.54. The SMILES string of the molecule is CC(C)(N)C(=O)NC1(c2ccccc2F)CC1. The second-order valence-electron chi connectivity index (χ2n) is 5.24. The second kappa shape index (κ2) is 3.81. The summed E-state index contributed by atoms with van der Waals surface area (Å²) in [5.41, 5.74) is 4.79. The zero-order valence-electron chi connectivity index (χ0n) is 10.1. The molecule has 2 rings (SSSR count). The summed E-state index contributed by atoms with van der Waals surface area (Å²) in [6.07, 6.45) is 1.52. The minimum Gasteiger partial charge on any atom is -0.345 e. The molecule has 0 aromatic heterocycles. The molecule has 0 spiro atoms. The number of nitrogens with one attached hydrogen (secondary N) is 1. The summed E-state index contributed by atoms with van der Waals surface area (Å²) < 4.78 is 13.7. The van der Waals surface area contributed by atoms with Gasteiger partial charge < -0.3 is 11.1 Å². The molecule has 3 nitrogen and oxygen atoms in total. The summed E-state index contributed by atoms with van der Waals surface area (Å²) in [6.45, 7) is 3.28. The van der Waals surface area contributed by atoms with Crippen LogP contribution in [0.3, 0.4) is 0 Å². The highest BCUT2D eigenvalue weighted by molar-refractivity contribution is 5.86. The smallest absolute Gasteiger partial charge is 0.240 e. The molecule has 1 aromatic carbocycles. The van der Waals surface area contributed by atoms with Crippen molar-refractivity contribution in [3.8, 4) is 0 Å². The normalized spacial score (nSPS) is 17.6. The van der Waals surface area contributed by atoms with E-state index in [0.717, 1.165) is 12.8 Å². The first-order chi connectivity index (χ1) is 7.85. The Morgan fingerprint density at radius 1 is 1.41 bits per heavy atom. The van der Waals surface area contributed by atoms with Crippen molar-refractivity contribution in [3.63, 3.8) is 0 Å². The lowest BCUT2D eigenvalue weighted by molar-refractivity contribution is -0.126. The molecule has 0 aliphatic heterocycles. The average Bonchev–Trinajstić information content (AvgIpc) is 2.98. The number of benzene rings is 1. The van der Waals surface area contributed by atoms with Gasteiger partial charge in [0.25, 0.3) is 0 Å². The zero-order valence-corrected chi connectivity index (χ0v) is 10.1. The first kappa shape index (κ1) is 12.0. The fourth-order valence-corrected chi connectivity index (χ4v) is 1.81. The van der Waals surface area contributed by atoms with E-state index in [2.05, 4.69) is 5.32 Å². The highest BCUT2D eigenvalue weighted by Crippen LogP contribution is 2.46. The van der Waals surface area contributed by atoms with Gasteiger partial charge in [-0.05, 0) is 32.8 Å². The van der Waals surface area contributed by atoms with Crippen molar-refractivity contribution in [2.24, 2.45) is 5.73 Å². The maximum atomic E-state index is 13.7. The molecule has 0 unspecified atom stereocenters. The van der Waals surface area contributed by atoms with Crippen molar-refractivity contribution in [1.82, 2.24) is 5.32 Å². The second-order valence-corrected chi connectivity index (χ2v) is 5.24. The molecule has 4 heteroatoms. The van der Waals surface area contributed by atoms with E-state index in [1.165, 1.54) is 6.07 Å². The van der Waals surface area contributed by atoms with Crippen molar-refractivity contribution in [2.75, 3.05) is 0 Å². The Bertz CT molecular complexity index is 447. The number of hydrogen-bond donors (Lipinski definition) is 2. The van der Waals surface area contributed by atoms with E-state index in [-0.39, 0.29) is 11.7 Å². The van der Waals surface area contributed by atoms with Crippen LogP contribution in [0.4, 0.5) is 4.39 Å². The van der Waals surface area contributed by atoms with Gasteiger partial charge >= 0.3 is 0 Å². The van der Waals surface area contributed by atoms with Crippen LogP contribution in [0.25, 0.3) is 0 Å². The Kier molecular flexibility index (Phi) is 2.70. The molecule has 1 amide bonds. The minimum absolute atomic E-state index is 0.252. The van der Waals surface area contributed by atoms with Crippen LogP contribution < -0.4 is 11.1 Å². The summed E-state index contributed by atoms with van der Waals surface area (Å²) in [5.74, 6) is -0.529. The van der Waals surface area contributed by atoms with Crippen LogP contribution in [0.1, 0.15) is 32.3 Å². The van der Waals surface area contributed by atoms with E-state index >= 15 is 0 Å². The van der Waals surface area contributed by atoms with Crippen molar-refractivity contribution in [2.45, 2.75) is 37.8 Å². The molecule has 1 fully saturated rings. The van der Waals surface area contributed by atoms with E-state index in [4.69, 9.17) is 5.73 Å². The van der Waals surface area contributed by atoms with Crippen molar-refractivity contribution in [1.29, 1.82) is 0 Å². The van der Waals surface area contributed by atoms with E-state index in [1.54, 1.807) is 32.0 Å². The summed E-state index contributed by atoms with van der Waals surface area (Å²) >= 11 is 0. The lowest BCUT2D eigenvalue weighted by Gasteiger charge is -2.24. The molecule has 1 aromatic rings. The monoisotopic (exact) mass is 236 g/mol. The average molecular weight is 236 g/mol. The molecule has 0 atom stereocenters. The first-order valence-corrected chi connectivity index (χ1v) is 5.72. The molecule has 0 saturated heterocycles. The van der Waals surface area contributed by atoms with Gasteiger partial charge in [-0.2, -0.15) is 0 Å². The summed E-state index contributed by atoms with van der Waals surface area (Å²) in [4.78, 5) is 11.8. The lowest BCUT2D eigenvalue weighted by atomic mass is 10.0. The van der Waals surface area contributed by atoms with E-state index in [9.17, 15) is 9.18 Å². The molecule has 0 radical (unpaired) electrons. The molecule has 1 saturated carbocycles. The highest BCUT2D eigenvalue weighted by Gasteiger charge is 2.48. The first-order valence-electron chi connectivity index (χ1n) is 5.72. The van der Waals surface area contributed by atoms with Gasteiger partial charge in [0.2, 0.25) is 5.91 Å². The van der Waals surface area contributed by atoms with Crippen LogP contribution in [0, 0.1) is 5.82 Å². The molecule has 3 N–H and O–H groups in total.